The molecule has 1 amide bonds. The summed E-state index contributed by atoms with van der Waals surface area (Å²) < 4.78 is 4.91. The zero-order chi connectivity index (χ0) is 9.14. The van der Waals surface area contributed by atoms with E-state index in [0.717, 1.165) is 0 Å². The molecule has 0 saturated heterocycles. The van der Waals surface area contributed by atoms with Gasteiger partial charge >= 0.3 is 0 Å². The number of carbonyl (C=O) groups is 1. The summed E-state index contributed by atoms with van der Waals surface area (Å²) in [6.07, 6.45) is 0. The number of carbonyl (C=O) groups excluding carboxylic acids is 1. The van der Waals surface area contributed by atoms with Crippen molar-refractivity contribution < 1.29 is 9.53 Å². The highest BCUT2D eigenvalue weighted by atomic mass is 16.5. The van der Waals surface area contributed by atoms with Crippen LogP contribution >= 0.6 is 0 Å². The van der Waals surface area contributed by atoms with E-state index in [9.17, 15) is 4.79 Å². The molecule has 0 aromatic heterocycles. The minimum absolute atomic E-state index is 0.303. The van der Waals surface area contributed by atoms with Gasteiger partial charge in [0.1, 0.15) is 5.75 Å². The summed E-state index contributed by atoms with van der Waals surface area (Å²) in [6, 6.07) is 4.74. The van der Waals surface area contributed by atoms with Gasteiger partial charge < -0.3 is 16.2 Å². The van der Waals surface area contributed by atoms with E-state index < -0.39 is 5.91 Å². The quantitative estimate of drug-likeness (QED) is 0.623. The lowest BCUT2D eigenvalue weighted by Gasteiger charge is -2.05. The fourth-order valence-corrected chi connectivity index (χ4v) is 0.918. The average Bonchev–Trinajstić information content (AvgIpc) is 2.04. The Balaban J connectivity index is 3.21. The molecule has 0 aliphatic rings. The number of hydrogen-bond donors (Lipinski definition) is 2. The van der Waals surface area contributed by atoms with Gasteiger partial charge in [-0.3, -0.25) is 4.79 Å². The first-order chi connectivity index (χ1) is 5.65. The lowest BCUT2D eigenvalue weighted by Crippen LogP contribution is -2.12. The molecule has 0 fully saturated rings. The second kappa shape index (κ2) is 3.13. The molecule has 1 rings (SSSR count). The Hall–Kier alpha value is -1.71. The Bertz CT molecular complexity index is 310. The molecule has 0 radical (unpaired) electrons. The zero-order valence-electron chi connectivity index (χ0n) is 6.70. The van der Waals surface area contributed by atoms with E-state index in [1.54, 1.807) is 12.1 Å². The minimum atomic E-state index is -0.542. The standard InChI is InChI=1S/C8H10N2O2/c1-12-7-3-2-5(9)4-6(7)8(10)11/h2-4H,9H2,1H3,(H2,10,11). The predicted octanol–water partition coefficient (Wildman–Crippen LogP) is 0.376. The molecule has 4 heteroatoms. The number of anilines is 1. The van der Waals surface area contributed by atoms with Gasteiger partial charge in [-0.2, -0.15) is 0 Å². The van der Waals surface area contributed by atoms with Gasteiger partial charge in [0.05, 0.1) is 12.7 Å². The third kappa shape index (κ3) is 1.47. The van der Waals surface area contributed by atoms with Crippen molar-refractivity contribution in [1.29, 1.82) is 0 Å². The van der Waals surface area contributed by atoms with E-state index in [4.69, 9.17) is 16.2 Å². The smallest absolute Gasteiger partial charge is 0.252 e. The lowest BCUT2D eigenvalue weighted by atomic mass is 10.1. The summed E-state index contributed by atoms with van der Waals surface area (Å²) in [5, 5.41) is 0. The highest BCUT2D eigenvalue weighted by Gasteiger charge is 2.07. The molecule has 0 heterocycles. The van der Waals surface area contributed by atoms with Crippen LogP contribution < -0.4 is 16.2 Å². The van der Waals surface area contributed by atoms with Gasteiger partial charge in [-0.15, -0.1) is 0 Å². The second-order valence-electron chi connectivity index (χ2n) is 2.32. The summed E-state index contributed by atoms with van der Waals surface area (Å²) in [5.41, 5.74) is 11.3. The maximum absolute atomic E-state index is 10.8. The lowest BCUT2D eigenvalue weighted by molar-refractivity contribution is 0.0997. The van der Waals surface area contributed by atoms with Crippen LogP contribution in [0.25, 0.3) is 0 Å². The number of nitrogen functional groups attached to an aromatic ring is 1. The number of benzene rings is 1. The maximum Gasteiger partial charge on any atom is 0.252 e. The molecule has 1 aromatic carbocycles. The number of hydrogen-bond acceptors (Lipinski definition) is 3. The fourth-order valence-electron chi connectivity index (χ4n) is 0.918. The molecule has 0 aliphatic carbocycles. The van der Waals surface area contributed by atoms with Crippen LogP contribution in [0.1, 0.15) is 10.4 Å². The Morgan fingerprint density at radius 1 is 1.50 bits per heavy atom. The Labute approximate surface area is 70.1 Å². The SMILES string of the molecule is COc1ccc(N)cc1C(N)=O. The van der Waals surface area contributed by atoms with Crippen molar-refractivity contribution in [3.05, 3.63) is 23.8 Å². The van der Waals surface area contributed by atoms with Crippen LogP contribution in [-0.2, 0) is 0 Å². The van der Waals surface area contributed by atoms with Crippen molar-refractivity contribution in [1.82, 2.24) is 0 Å². The van der Waals surface area contributed by atoms with Gasteiger partial charge in [0.2, 0.25) is 0 Å². The number of rotatable bonds is 2. The minimum Gasteiger partial charge on any atom is -0.496 e. The van der Waals surface area contributed by atoms with E-state index in [1.807, 2.05) is 0 Å². The largest absolute Gasteiger partial charge is 0.496 e. The molecular weight excluding hydrogens is 156 g/mol. The summed E-state index contributed by atoms with van der Waals surface area (Å²) in [5.74, 6) is -0.101. The number of amides is 1. The second-order valence-corrected chi connectivity index (χ2v) is 2.32. The molecule has 64 valence electrons. The fraction of sp³-hybridized carbons (Fsp3) is 0.125. The number of ether oxygens (including phenoxy) is 1. The Kier molecular flexibility index (Phi) is 2.19. The van der Waals surface area contributed by atoms with Crippen molar-refractivity contribution in [3.8, 4) is 5.75 Å². The first-order valence-electron chi connectivity index (χ1n) is 3.38. The van der Waals surface area contributed by atoms with Crippen LogP contribution in [-0.4, -0.2) is 13.0 Å². The van der Waals surface area contributed by atoms with Crippen molar-refractivity contribution in [2.45, 2.75) is 0 Å². The van der Waals surface area contributed by atoms with Gasteiger partial charge in [0.25, 0.3) is 5.91 Å². The zero-order valence-corrected chi connectivity index (χ0v) is 6.70. The van der Waals surface area contributed by atoms with Crippen LogP contribution in [0, 0.1) is 0 Å². The van der Waals surface area contributed by atoms with E-state index >= 15 is 0 Å². The van der Waals surface area contributed by atoms with Crippen molar-refractivity contribution in [3.63, 3.8) is 0 Å². The molecule has 0 spiro atoms. The molecule has 0 aliphatic heterocycles. The number of primary amides is 1. The van der Waals surface area contributed by atoms with Gasteiger partial charge in [-0.25, -0.2) is 0 Å². The van der Waals surface area contributed by atoms with Crippen LogP contribution in [0.3, 0.4) is 0 Å². The first-order valence-corrected chi connectivity index (χ1v) is 3.38. The molecule has 0 atom stereocenters. The molecule has 12 heavy (non-hydrogen) atoms. The molecule has 0 bridgehead atoms. The predicted molar refractivity (Wildman–Crippen MR) is 45.9 cm³/mol. The van der Waals surface area contributed by atoms with Gasteiger partial charge in [-0.05, 0) is 18.2 Å². The van der Waals surface area contributed by atoms with Crippen molar-refractivity contribution in [2.75, 3.05) is 12.8 Å². The molecule has 4 nitrogen and oxygen atoms in total. The number of nitrogens with two attached hydrogens (primary N) is 2. The molecule has 4 N–H and O–H groups in total. The van der Waals surface area contributed by atoms with Crippen LogP contribution in [0.2, 0.25) is 0 Å². The third-order valence-corrected chi connectivity index (χ3v) is 1.49. The third-order valence-electron chi connectivity index (χ3n) is 1.49. The Morgan fingerprint density at radius 2 is 2.17 bits per heavy atom. The van der Waals surface area contributed by atoms with Gasteiger partial charge in [0.15, 0.2) is 0 Å². The van der Waals surface area contributed by atoms with Crippen molar-refractivity contribution >= 4 is 11.6 Å². The van der Waals surface area contributed by atoms with Crippen LogP contribution in [0.4, 0.5) is 5.69 Å². The van der Waals surface area contributed by atoms with Gasteiger partial charge in [-0.1, -0.05) is 0 Å². The molecule has 1 aromatic rings. The van der Waals surface area contributed by atoms with E-state index in [2.05, 4.69) is 0 Å². The van der Waals surface area contributed by atoms with E-state index in [1.165, 1.54) is 13.2 Å². The highest BCUT2D eigenvalue weighted by molar-refractivity contribution is 5.96. The first kappa shape index (κ1) is 8.39. The van der Waals surface area contributed by atoms with Crippen LogP contribution in [0.15, 0.2) is 18.2 Å². The van der Waals surface area contributed by atoms with Gasteiger partial charge in [0, 0.05) is 5.69 Å². The highest BCUT2D eigenvalue weighted by Crippen LogP contribution is 2.19. The van der Waals surface area contributed by atoms with E-state index in [0.29, 0.717) is 17.0 Å². The summed E-state index contributed by atoms with van der Waals surface area (Å²) in [7, 11) is 1.47. The average molecular weight is 166 g/mol. The molecule has 0 saturated carbocycles. The van der Waals surface area contributed by atoms with Crippen molar-refractivity contribution in [2.24, 2.45) is 5.73 Å². The maximum atomic E-state index is 10.8. The number of methoxy groups -OCH3 is 1. The summed E-state index contributed by atoms with van der Waals surface area (Å²) in [6.45, 7) is 0. The van der Waals surface area contributed by atoms with E-state index in [-0.39, 0.29) is 0 Å². The summed E-state index contributed by atoms with van der Waals surface area (Å²) in [4.78, 5) is 10.8. The molecular formula is C8H10N2O2. The monoisotopic (exact) mass is 166 g/mol. The normalized spacial score (nSPS) is 9.42. The Morgan fingerprint density at radius 3 is 2.67 bits per heavy atom. The molecule has 0 unspecified atom stereocenters. The topological polar surface area (TPSA) is 78.3 Å². The van der Waals surface area contributed by atoms with Crippen LogP contribution in [0.5, 0.6) is 5.75 Å². The summed E-state index contributed by atoms with van der Waals surface area (Å²) >= 11 is 0.